The maximum absolute atomic E-state index is 9.09. The van der Waals surface area contributed by atoms with Crippen molar-refractivity contribution >= 4 is 28.9 Å². The van der Waals surface area contributed by atoms with E-state index in [-0.39, 0.29) is 0 Å². The molecule has 2 heterocycles. The fourth-order valence-corrected chi connectivity index (χ4v) is 2.56. The van der Waals surface area contributed by atoms with Gasteiger partial charge in [-0.25, -0.2) is 4.98 Å². The second kappa shape index (κ2) is 4.56. The van der Waals surface area contributed by atoms with Crippen molar-refractivity contribution in [1.82, 2.24) is 4.98 Å². The lowest BCUT2D eigenvalue weighted by molar-refractivity contribution is 1.14. The SMILES string of the molecule is CSc1cc(-c2cccs2)c(C#N)c(N)n1. The minimum atomic E-state index is 0.303. The van der Waals surface area contributed by atoms with Crippen LogP contribution in [-0.2, 0) is 0 Å². The van der Waals surface area contributed by atoms with Crippen LogP contribution >= 0.6 is 23.1 Å². The Bertz CT molecular complexity index is 541. The molecule has 0 amide bonds. The topological polar surface area (TPSA) is 62.7 Å². The van der Waals surface area contributed by atoms with Gasteiger partial charge in [0.15, 0.2) is 0 Å². The van der Waals surface area contributed by atoms with Gasteiger partial charge < -0.3 is 5.73 Å². The third-order valence-corrected chi connectivity index (χ3v) is 3.66. The lowest BCUT2D eigenvalue weighted by atomic mass is 10.1. The number of rotatable bonds is 2. The van der Waals surface area contributed by atoms with Crippen LogP contribution in [0.5, 0.6) is 0 Å². The molecule has 0 aliphatic heterocycles. The molecule has 0 radical (unpaired) electrons. The van der Waals surface area contributed by atoms with Crippen LogP contribution in [0.3, 0.4) is 0 Å². The summed E-state index contributed by atoms with van der Waals surface area (Å²) in [5, 5.41) is 11.9. The van der Waals surface area contributed by atoms with Crippen molar-refractivity contribution in [3.05, 3.63) is 29.1 Å². The number of nitrogen functional groups attached to an aromatic ring is 1. The monoisotopic (exact) mass is 247 g/mol. The van der Waals surface area contributed by atoms with Crippen LogP contribution in [0.15, 0.2) is 28.6 Å². The predicted octanol–water partition coefficient (Wildman–Crippen LogP) is 2.99. The highest BCUT2D eigenvalue weighted by molar-refractivity contribution is 7.98. The van der Waals surface area contributed by atoms with E-state index in [0.29, 0.717) is 11.4 Å². The van der Waals surface area contributed by atoms with Crippen molar-refractivity contribution in [3.8, 4) is 16.5 Å². The zero-order chi connectivity index (χ0) is 11.5. The second-order valence-electron chi connectivity index (χ2n) is 3.06. The van der Waals surface area contributed by atoms with Gasteiger partial charge in [-0.05, 0) is 23.8 Å². The van der Waals surface area contributed by atoms with E-state index in [2.05, 4.69) is 11.1 Å². The Labute approximate surface area is 102 Å². The molecule has 0 aromatic carbocycles. The molecule has 0 bridgehead atoms. The fraction of sp³-hybridized carbons (Fsp3) is 0.0909. The second-order valence-corrected chi connectivity index (χ2v) is 4.84. The molecule has 0 saturated carbocycles. The van der Waals surface area contributed by atoms with E-state index in [1.807, 2.05) is 29.8 Å². The summed E-state index contributed by atoms with van der Waals surface area (Å²) in [6, 6.07) is 7.95. The minimum Gasteiger partial charge on any atom is -0.383 e. The number of thioether (sulfide) groups is 1. The van der Waals surface area contributed by atoms with E-state index < -0.39 is 0 Å². The molecule has 2 N–H and O–H groups in total. The summed E-state index contributed by atoms with van der Waals surface area (Å²) >= 11 is 3.11. The highest BCUT2D eigenvalue weighted by atomic mass is 32.2. The van der Waals surface area contributed by atoms with Crippen molar-refractivity contribution in [2.75, 3.05) is 12.0 Å². The molecule has 16 heavy (non-hydrogen) atoms. The summed E-state index contributed by atoms with van der Waals surface area (Å²) in [5.41, 5.74) is 7.10. The number of nitrogens with two attached hydrogens (primary N) is 1. The number of hydrogen-bond donors (Lipinski definition) is 1. The lowest BCUT2D eigenvalue weighted by Crippen LogP contribution is -1.98. The van der Waals surface area contributed by atoms with Crippen LogP contribution in [0.25, 0.3) is 10.4 Å². The Balaban J connectivity index is 2.67. The molecule has 0 unspecified atom stereocenters. The first kappa shape index (κ1) is 11.0. The van der Waals surface area contributed by atoms with Crippen LogP contribution in [0.1, 0.15) is 5.56 Å². The molecule has 0 saturated heterocycles. The number of nitriles is 1. The quantitative estimate of drug-likeness (QED) is 0.829. The van der Waals surface area contributed by atoms with Gasteiger partial charge in [-0.2, -0.15) is 5.26 Å². The van der Waals surface area contributed by atoms with Gasteiger partial charge in [-0.1, -0.05) is 6.07 Å². The molecular weight excluding hydrogens is 238 g/mol. The van der Waals surface area contributed by atoms with Gasteiger partial charge in [0, 0.05) is 10.4 Å². The smallest absolute Gasteiger partial charge is 0.143 e. The summed E-state index contributed by atoms with van der Waals surface area (Å²) < 4.78 is 0. The molecule has 0 fully saturated rings. The highest BCUT2D eigenvalue weighted by Gasteiger charge is 2.12. The van der Waals surface area contributed by atoms with E-state index in [0.717, 1.165) is 15.5 Å². The number of aromatic nitrogens is 1. The first-order chi connectivity index (χ1) is 7.76. The summed E-state index contributed by atoms with van der Waals surface area (Å²) in [6.45, 7) is 0. The molecule has 3 nitrogen and oxygen atoms in total. The van der Waals surface area contributed by atoms with Gasteiger partial charge >= 0.3 is 0 Å². The summed E-state index contributed by atoms with van der Waals surface area (Å²) in [5.74, 6) is 0.303. The third kappa shape index (κ3) is 1.90. The van der Waals surface area contributed by atoms with Crippen molar-refractivity contribution in [1.29, 1.82) is 5.26 Å². The average molecular weight is 247 g/mol. The highest BCUT2D eigenvalue weighted by Crippen LogP contribution is 2.32. The predicted molar refractivity (Wildman–Crippen MR) is 68.5 cm³/mol. The molecular formula is C11H9N3S2. The van der Waals surface area contributed by atoms with Gasteiger partial charge in [-0.15, -0.1) is 23.1 Å². The summed E-state index contributed by atoms with van der Waals surface area (Å²) in [7, 11) is 0. The van der Waals surface area contributed by atoms with E-state index in [9.17, 15) is 0 Å². The number of anilines is 1. The van der Waals surface area contributed by atoms with Crippen LogP contribution < -0.4 is 5.73 Å². The molecule has 0 atom stereocenters. The van der Waals surface area contributed by atoms with E-state index in [1.165, 1.54) is 11.8 Å². The Kier molecular flexibility index (Phi) is 3.13. The van der Waals surface area contributed by atoms with E-state index in [4.69, 9.17) is 11.0 Å². The van der Waals surface area contributed by atoms with Crippen molar-refractivity contribution in [2.24, 2.45) is 0 Å². The maximum Gasteiger partial charge on any atom is 0.143 e. The van der Waals surface area contributed by atoms with Gasteiger partial charge in [0.1, 0.15) is 17.5 Å². The molecule has 80 valence electrons. The Morgan fingerprint density at radius 3 is 2.94 bits per heavy atom. The molecule has 2 aromatic heterocycles. The third-order valence-electron chi connectivity index (χ3n) is 2.13. The molecule has 0 spiro atoms. The van der Waals surface area contributed by atoms with Crippen LogP contribution in [-0.4, -0.2) is 11.2 Å². The van der Waals surface area contributed by atoms with Crippen LogP contribution in [0, 0.1) is 11.3 Å². The Morgan fingerprint density at radius 1 is 1.56 bits per heavy atom. The van der Waals surface area contributed by atoms with Crippen molar-refractivity contribution in [3.63, 3.8) is 0 Å². The molecule has 0 aliphatic rings. The normalized spacial score (nSPS) is 10.0. The number of hydrogen-bond acceptors (Lipinski definition) is 5. The number of thiophene rings is 1. The van der Waals surface area contributed by atoms with Crippen molar-refractivity contribution in [2.45, 2.75) is 5.03 Å². The van der Waals surface area contributed by atoms with Gasteiger partial charge in [-0.3, -0.25) is 0 Å². The van der Waals surface area contributed by atoms with Crippen LogP contribution in [0.2, 0.25) is 0 Å². The maximum atomic E-state index is 9.09. The van der Waals surface area contributed by atoms with Crippen LogP contribution in [0.4, 0.5) is 5.82 Å². The van der Waals surface area contributed by atoms with Crippen molar-refractivity contribution < 1.29 is 0 Å². The summed E-state index contributed by atoms with van der Waals surface area (Å²) in [4.78, 5) is 5.20. The zero-order valence-electron chi connectivity index (χ0n) is 8.60. The number of pyridine rings is 1. The number of nitrogens with zero attached hydrogens (tertiary/aromatic N) is 2. The van der Waals surface area contributed by atoms with Gasteiger partial charge in [0.2, 0.25) is 0 Å². The fourth-order valence-electron chi connectivity index (χ4n) is 1.39. The van der Waals surface area contributed by atoms with Gasteiger partial charge in [0.25, 0.3) is 0 Å². The average Bonchev–Trinajstić information content (AvgIpc) is 2.81. The Morgan fingerprint density at radius 2 is 2.38 bits per heavy atom. The largest absolute Gasteiger partial charge is 0.383 e. The first-order valence-corrected chi connectivity index (χ1v) is 6.65. The molecule has 2 aromatic rings. The van der Waals surface area contributed by atoms with E-state index in [1.54, 1.807) is 11.3 Å². The standard InChI is InChI=1S/C11H9N3S2/c1-15-10-5-7(9-3-2-4-16-9)8(6-12)11(13)14-10/h2-5H,1H3,(H2,13,14). The zero-order valence-corrected chi connectivity index (χ0v) is 10.2. The molecule has 2 rings (SSSR count). The van der Waals surface area contributed by atoms with Gasteiger partial charge in [0.05, 0.1) is 5.03 Å². The molecule has 5 heteroatoms. The summed E-state index contributed by atoms with van der Waals surface area (Å²) in [6.07, 6.45) is 1.94. The Hall–Kier alpha value is -1.51. The lowest BCUT2D eigenvalue weighted by Gasteiger charge is -2.06. The minimum absolute atomic E-state index is 0.303. The van der Waals surface area contributed by atoms with E-state index >= 15 is 0 Å². The first-order valence-electron chi connectivity index (χ1n) is 4.54. The molecule has 0 aliphatic carbocycles.